The van der Waals surface area contributed by atoms with Gasteiger partial charge < -0.3 is 36.6 Å². The van der Waals surface area contributed by atoms with E-state index in [9.17, 15) is 38.4 Å². The SMILES string of the molecule is CC(C)CC(CC(C)C)C(=O)c1ccc(C(=O)NCC(=O)NC(CCC(=O)NC(C(=O)NC(C)C(=O)C(C)C)C(C)C)C(=O)NCC(=O)NC(C)(C)CCOC(C)(C)C)cc1. The van der Waals surface area contributed by atoms with Gasteiger partial charge >= 0.3 is 0 Å². The Kier molecular flexibility index (Phi) is 22.6. The molecule has 0 radical (unpaired) electrons. The molecule has 0 spiro atoms. The number of benzene rings is 1. The average Bonchev–Trinajstić information content (AvgIpc) is 3.14. The van der Waals surface area contributed by atoms with Crippen LogP contribution in [0.1, 0.15) is 150 Å². The second-order valence-electron chi connectivity index (χ2n) is 19.2. The van der Waals surface area contributed by atoms with E-state index in [4.69, 9.17) is 4.74 Å². The van der Waals surface area contributed by atoms with Crippen LogP contribution in [-0.4, -0.2) is 96.0 Å². The minimum atomic E-state index is -1.30. The zero-order chi connectivity index (χ0) is 46.8. The van der Waals surface area contributed by atoms with Crippen LogP contribution in [0.2, 0.25) is 0 Å². The Hall–Kier alpha value is -4.66. The predicted octanol–water partition coefficient (Wildman–Crippen LogP) is 4.66. The van der Waals surface area contributed by atoms with Gasteiger partial charge in [-0.2, -0.15) is 0 Å². The Balaban J connectivity index is 3.07. The fraction of sp³-hybridized carbons (Fsp3) is 0.696. The van der Waals surface area contributed by atoms with Crippen molar-refractivity contribution in [3.8, 4) is 0 Å². The van der Waals surface area contributed by atoms with Crippen LogP contribution in [-0.2, 0) is 33.5 Å². The van der Waals surface area contributed by atoms with E-state index in [-0.39, 0.29) is 53.3 Å². The molecule has 3 atom stereocenters. The van der Waals surface area contributed by atoms with Crippen LogP contribution in [0.15, 0.2) is 24.3 Å². The van der Waals surface area contributed by atoms with Crippen LogP contribution in [0.25, 0.3) is 0 Å². The predicted molar refractivity (Wildman–Crippen MR) is 236 cm³/mol. The van der Waals surface area contributed by atoms with Gasteiger partial charge in [-0.3, -0.25) is 38.4 Å². The highest BCUT2D eigenvalue weighted by Gasteiger charge is 2.30. The van der Waals surface area contributed by atoms with Gasteiger partial charge in [-0.1, -0.05) is 67.5 Å². The number of hydrogen-bond acceptors (Lipinski definition) is 9. The lowest BCUT2D eigenvalue weighted by atomic mass is 9.84. The third-order valence-electron chi connectivity index (χ3n) is 9.82. The molecule has 3 unspecified atom stereocenters. The Morgan fingerprint density at radius 1 is 0.639 bits per heavy atom. The fourth-order valence-corrected chi connectivity index (χ4v) is 6.56. The van der Waals surface area contributed by atoms with Gasteiger partial charge in [0.25, 0.3) is 5.91 Å². The van der Waals surface area contributed by atoms with E-state index in [1.165, 1.54) is 12.1 Å². The zero-order valence-corrected chi connectivity index (χ0v) is 39.3. The summed E-state index contributed by atoms with van der Waals surface area (Å²) in [5.74, 6) is -3.89. The van der Waals surface area contributed by atoms with E-state index in [1.807, 2.05) is 34.6 Å². The van der Waals surface area contributed by atoms with E-state index >= 15 is 0 Å². The standard InChI is InChI=1S/C46H76N6O9/c1-27(2)23-34(24-28(3)4)41(57)32-15-17-33(18-16-32)42(58)47-25-37(54)50-35(43(59)48-26-38(55)52-46(13,14)21-22-61-45(10,11)12)19-20-36(53)51-39(29(5)6)44(60)49-31(9)40(56)30(7)8/h15-18,27-31,34-35,39H,19-26H2,1-14H3,(H,47,58)(H,48,59)(H,49,60)(H,50,54)(H,51,53)(H,52,55). The van der Waals surface area contributed by atoms with Gasteiger partial charge in [0.05, 0.1) is 24.7 Å². The first kappa shape index (κ1) is 54.4. The van der Waals surface area contributed by atoms with Crippen molar-refractivity contribution in [2.75, 3.05) is 19.7 Å². The number of carbonyl (C=O) groups excluding carboxylic acids is 8. The largest absolute Gasteiger partial charge is 0.376 e. The molecule has 15 heteroatoms. The van der Waals surface area contributed by atoms with Gasteiger partial charge in [-0.05, 0) is 97.1 Å². The highest BCUT2D eigenvalue weighted by molar-refractivity contribution is 6.01. The highest BCUT2D eigenvalue weighted by Crippen LogP contribution is 2.24. The Bertz CT molecular complexity index is 1640. The molecule has 0 aliphatic rings. The first-order valence-electron chi connectivity index (χ1n) is 21.7. The molecule has 1 aromatic carbocycles. The summed E-state index contributed by atoms with van der Waals surface area (Å²) in [4.78, 5) is 105. The molecule has 6 amide bonds. The normalized spacial score (nSPS) is 13.4. The summed E-state index contributed by atoms with van der Waals surface area (Å²) in [5.41, 5.74) is -0.277. The number of rotatable bonds is 26. The quantitative estimate of drug-likeness (QED) is 0.0714. The Morgan fingerprint density at radius 2 is 1.18 bits per heavy atom. The van der Waals surface area contributed by atoms with Gasteiger partial charge in [0, 0.05) is 41.5 Å². The number of ether oxygens (including phenoxy) is 1. The van der Waals surface area contributed by atoms with E-state index in [0.717, 1.165) is 12.8 Å². The van der Waals surface area contributed by atoms with E-state index in [2.05, 4.69) is 59.6 Å². The molecule has 15 nitrogen and oxygen atoms in total. The van der Waals surface area contributed by atoms with Crippen molar-refractivity contribution in [3.05, 3.63) is 35.4 Å². The maximum absolute atomic E-state index is 13.5. The van der Waals surface area contributed by atoms with E-state index in [0.29, 0.717) is 30.4 Å². The van der Waals surface area contributed by atoms with Crippen molar-refractivity contribution >= 4 is 47.0 Å². The summed E-state index contributed by atoms with van der Waals surface area (Å²) in [6, 6.07) is 3.20. The van der Waals surface area contributed by atoms with Crippen molar-refractivity contribution in [2.24, 2.45) is 29.6 Å². The minimum Gasteiger partial charge on any atom is -0.376 e. The lowest BCUT2D eigenvalue weighted by Crippen LogP contribution is -2.54. The van der Waals surface area contributed by atoms with Crippen molar-refractivity contribution in [2.45, 2.75) is 158 Å². The smallest absolute Gasteiger partial charge is 0.251 e. The van der Waals surface area contributed by atoms with Crippen LogP contribution in [0.4, 0.5) is 0 Å². The molecule has 0 aromatic heterocycles. The molecule has 0 heterocycles. The third kappa shape index (κ3) is 21.6. The van der Waals surface area contributed by atoms with Crippen molar-refractivity contribution in [3.63, 3.8) is 0 Å². The lowest BCUT2D eigenvalue weighted by Gasteiger charge is -2.28. The molecule has 6 N–H and O–H groups in total. The van der Waals surface area contributed by atoms with Gasteiger partial charge in [-0.25, -0.2) is 0 Å². The molecule has 61 heavy (non-hydrogen) atoms. The van der Waals surface area contributed by atoms with Crippen LogP contribution in [0.5, 0.6) is 0 Å². The summed E-state index contributed by atoms with van der Waals surface area (Å²) in [7, 11) is 0. The molecule has 0 fully saturated rings. The van der Waals surface area contributed by atoms with Crippen molar-refractivity contribution < 1.29 is 43.1 Å². The molecule has 1 aromatic rings. The highest BCUT2D eigenvalue weighted by atomic mass is 16.5. The first-order chi connectivity index (χ1) is 28.1. The van der Waals surface area contributed by atoms with Crippen LogP contribution >= 0.6 is 0 Å². The van der Waals surface area contributed by atoms with Crippen LogP contribution in [0.3, 0.4) is 0 Å². The Labute approximate surface area is 364 Å². The second-order valence-corrected chi connectivity index (χ2v) is 19.2. The monoisotopic (exact) mass is 857 g/mol. The van der Waals surface area contributed by atoms with Gasteiger partial charge in [0.2, 0.25) is 29.5 Å². The fourth-order valence-electron chi connectivity index (χ4n) is 6.56. The maximum atomic E-state index is 13.5. The summed E-state index contributed by atoms with van der Waals surface area (Å²) < 4.78 is 5.78. The number of carbonyl (C=O) groups is 8. The summed E-state index contributed by atoms with van der Waals surface area (Å²) >= 11 is 0. The molecular formula is C46H76N6O9. The molecule has 0 aliphatic carbocycles. The maximum Gasteiger partial charge on any atom is 0.251 e. The number of hydrogen-bond donors (Lipinski definition) is 6. The van der Waals surface area contributed by atoms with Crippen molar-refractivity contribution in [1.29, 1.82) is 0 Å². The molecular weight excluding hydrogens is 781 g/mol. The average molecular weight is 857 g/mol. The van der Waals surface area contributed by atoms with Crippen LogP contribution in [0, 0.1) is 29.6 Å². The number of Topliss-reactive ketones (excluding diaryl/α,β-unsaturated/α-hetero) is 2. The summed E-state index contributed by atoms with van der Waals surface area (Å²) in [6.07, 6.45) is 1.51. The molecule has 1 rings (SSSR count). The molecule has 0 aliphatic heterocycles. The number of ketones is 2. The molecule has 344 valence electrons. The first-order valence-corrected chi connectivity index (χ1v) is 21.7. The molecule has 0 bridgehead atoms. The van der Waals surface area contributed by atoms with Crippen LogP contribution < -0.4 is 31.9 Å². The van der Waals surface area contributed by atoms with Crippen molar-refractivity contribution in [1.82, 2.24) is 31.9 Å². The minimum absolute atomic E-state index is 0.0225. The Morgan fingerprint density at radius 3 is 1.69 bits per heavy atom. The van der Waals surface area contributed by atoms with Gasteiger partial charge in [0.1, 0.15) is 12.1 Å². The lowest BCUT2D eigenvalue weighted by molar-refractivity contribution is -0.133. The zero-order valence-electron chi connectivity index (χ0n) is 39.3. The third-order valence-corrected chi connectivity index (χ3v) is 9.82. The summed E-state index contributed by atoms with van der Waals surface area (Å²) in [6.45, 7) is 25.7. The van der Waals surface area contributed by atoms with E-state index in [1.54, 1.807) is 46.8 Å². The molecule has 0 saturated carbocycles. The molecule has 0 saturated heterocycles. The van der Waals surface area contributed by atoms with E-state index < -0.39 is 72.2 Å². The second kappa shape index (κ2) is 25.3. The van der Waals surface area contributed by atoms with Gasteiger partial charge in [0.15, 0.2) is 11.6 Å². The number of nitrogens with one attached hydrogen (secondary N) is 6. The topological polar surface area (TPSA) is 218 Å². The van der Waals surface area contributed by atoms with Gasteiger partial charge in [-0.15, -0.1) is 0 Å². The number of amides is 6. The summed E-state index contributed by atoms with van der Waals surface area (Å²) in [5, 5.41) is 15.8.